The maximum atomic E-state index is 4.04. The molecule has 1 N–H and O–H groups in total. The number of hydrogen-bond acceptors (Lipinski definition) is 2. The van der Waals surface area contributed by atoms with E-state index >= 15 is 0 Å². The van der Waals surface area contributed by atoms with Crippen molar-refractivity contribution in [3.05, 3.63) is 0 Å². The molecule has 1 aliphatic heterocycles. The van der Waals surface area contributed by atoms with Gasteiger partial charge in [-0.05, 0) is 95.8 Å². The summed E-state index contributed by atoms with van der Waals surface area (Å²) in [5.41, 5.74) is 1.52. The Labute approximate surface area is 171 Å². The van der Waals surface area contributed by atoms with Gasteiger partial charge in [0.2, 0.25) is 0 Å². The highest BCUT2D eigenvalue weighted by Gasteiger charge is 2.43. The summed E-state index contributed by atoms with van der Waals surface area (Å²) in [6, 6.07) is 0.724. The van der Waals surface area contributed by atoms with Gasteiger partial charge in [0.15, 0.2) is 0 Å². The first-order valence-corrected chi connectivity index (χ1v) is 11.6. The van der Waals surface area contributed by atoms with Crippen LogP contribution in [0.15, 0.2) is 0 Å². The van der Waals surface area contributed by atoms with E-state index in [1.54, 1.807) is 0 Å². The second-order valence-electron chi connectivity index (χ2n) is 13.2. The molecule has 2 fully saturated rings. The lowest BCUT2D eigenvalue weighted by Crippen LogP contribution is -2.60. The Morgan fingerprint density at radius 3 is 1.67 bits per heavy atom. The molecule has 2 rings (SSSR count). The van der Waals surface area contributed by atoms with Gasteiger partial charge >= 0.3 is 0 Å². The molecule has 1 saturated heterocycles. The molecular formula is C25H50N2. The third kappa shape index (κ3) is 6.46. The van der Waals surface area contributed by atoms with Crippen LogP contribution in [0.5, 0.6) is 0 Å². The molecule has 1 heterocycles. The van der Waals surface area contributed by atoms with E-state index in [1.807, 2.05) is 0 Å². The fraction of sp³-hybridized carbons (Fsp3) is 1.00. The zero-order valence-electron chi connectivity index (χ0n) is 20.3. The van der Waals surface area contributed by atoms with Gasteiger partial charge in [0.25, 0.3) is 0 Å². The van der Waals surface area contributed by atoms with Crippen molar-refractivity contribution in [2.45, 2.75) is 125 Å². The molecule has 1 aliphatic carbocycles. The van der Waals surface area contributed by atoms with Crippen LogP contribution in [0.25, 0.3) is 0 Å². The average Bonchev–Trinajstić information content (AvgIpc) is 2.41. The van der Waals surface area contributed by atoms with E-state index in [0.717, 1.165) is 17.9 Å². The molecule has 0 unspecified atom stereocenters. The molecular weight excluding hydrogens is 328 g/mol. The topological polar surface area (TPSA) is 15.3 Å². The summed E-state index contributed by atoms with van der Waals surface area (Å²) < 4.78 is 0. The number of hydrogen-bond donors (Lipinski definition) is 1. The molecule has 0 amide bonds. The monoisotopic (exact) mass is 378 g/mol. The van der Waals surface area contributed by atoms with Crippen LogP contribution < -0.4 is 5.32 Å². The molecule has 1 saturated carbocycles. The van der Waals surface area contributed by atoms with E-state index in [4.69, 9.17) is 0 Å². The van der Waals surface area contributed by atoms with Crippen molar-refractivity contribution in [1.82, 2.24) is 10.2 Å². The van der Waals surface area contributed by atoms with E-state index < -0.39 is 0 Å². The van der Waals surface area contributed by atoms with Crippen LogP contribution in [0.2, 0.25) is 0 Å². The first-order chi connectivity index (χ1) is 12.1. The minimum atomic E-state index is 0.254. The standard InChI is InChI=1S/C25H50N2/c1-22(2,3)19-11-13-21(14-12-19)26-25(9,10)16-15-24(7,8)20-17-27(18-20)23(4,5)6/h19-21,26H,11-18H2,1-10H3. The second kappa shape index (κ2) is 7.98. The molecule has 0 bridgehead atoms. The molecule has 160 valence electrons. The maximum Gasteiger partial charge on any atom is 0.0127 e. The van der Waals surface area contributed by atoms with Crippen LogP contribution in [-0.4, -0.2) is 35.1 Å². The highest BCUT2D eigenvalue weighted by Crippen LogP contribution is 2.42. The summed E-state index contributed by atoms with van der Waals surface area (Å²) in [6.45, 7) is 26.7. The molecule has 0 atom stereocenters. The Morgan fingerprint density at radius 2 is 1.22 bits per heavy atom. The van der Waals surface area contributed by atoms with Crippen LogP contribution in [0, 0.1) is 22.7 Å². The van der Waals surface area contributed by atoms with Crippen molar-refractivity contribution < 1.29 is 0 Å². The van der Waals surface area contributed by atoms with E-state index in [0.29, 0.717) is 16.4 Å². The van der Waals surface area contributed by atoms with Crippen LogP contribution in [0.3, 0.4) is 0 Å². The third-order valence-electron chi connectivity index (χ3n) is 7.88. The van der Waals surface area contributed by atoms with Crippen molar-refractivity contribution in [3.63, 3.8) is 0 Å². The molecule has 0 aromatic rings. The van der Waals surface area contributed by atoms with Crippen LogP contribution in [0.1, 0.15) is 108 Å². The van der Waals surface area contributed by atoms with Gasteiger partial charge in [0.05, 0.1) is 0 Å². The van der Waals surface area contributed by atoms with E-state index in [9.17, 15) is 0 Å². The van der Waals surface area contributed by atoms with E-state index in [-0.39, 0.29) is 5.54 Å². The lowest BCUT2D eigenvalue weighted by atomic mass is 9.68. The van der Waals surface area contributed by atoms with Gasteiger partial charge in [-0.15, -0.1) is 0 Å². The molecule has 27 heavy (non-hydrogen) atoms. The second-order valence-corrected chi connectivity index (χ2v) is 13.2. The zero-order chi connectivity index (χ0) is 20.7. The van der Waals surface area contributed by atoms with Crippen molar-refractivity contribution in [1.29, 1.82) is 0 Å². The minimum absolute atomic E-state index is 0.254. The van der Waals surface area contributed by atoms with E-state index in [1.165, 1.54) is 51.6 Å². The van der Waals surface area contributed by atoms with Crippen LogP contribution in [-0.2, 0) is 0 Å². The first-order valence-electron chi connectivity index (χ1n) is 11.6. The van der Waals surface area contributed by atoms with Gasteiger partial charge in [0.1, 0.15) is 0 Å². The Balaban J connectivity index is 1.76. The normalized spacial score (nSPS) is 26.9. The summed E-state index contributed by atoms with van der Waals surface area (Å²) in [7, 11) is 0. The minimum Gasteiger partial charge on any atom is -0.309 e. The lowest BCUT2D eigenvalue weighted by Gasteiger charge is -2.54. The molecule has 0 radical (unpaired) electrons. The highest BCUT2D eigenvalue weighted by atomic mass is 15.2. The Hall–Kier alpha value is -0.0800. The van der Waals surface area contributed by atoms with Crippen molar-refractivity contribution in [2.75, 3.05) is 13.1 Å². The van der Waals surface area contributed by atoms with Gasteiger partial charge in [-0.25, -0.2) is 0 Å². The van der Waals surface area contributed by atoms with Gasteiger partial charge in [-0.2, -0.15) is 0 Å². The predicted octanol–water partition coefficient (Wildman–Crippen LogP) is 6.50. The zero-order valence-corrected chi connectivity index (χ0v) is 20.3. The largest absolute Gasteiger partial charge is 0.309 e. The number of rotatable bonds is 6. The van der Waals surface area contributed by atoms with Gasteiger partial charge in [-0.3, -0.25) is 4.90 Å². The fourth-order valence-electron chi connectivity index (χ4n) is 5.09. The number of nitrogens with zero attached hydrogens (tertiary/aromatic N) is 1. The number of nitrogens with one attached hydrogen (secondary N) is 1. The quantitative estimate of drug-likeness (QED) is 0.568. The predicted molar refractivity (Wildman–Crippen MR) is 120 cm³/mol. The lowest BCUT2D eigenvalue weighted by molar-refractivity contribution is -0.0459. The maximum absolute atomic E-state index is 4.04. The molecule has 0 aromatic carbocycles. The van der Waals surface area contributed by atoms with Gasteiger partial charge in [0, 0.05) is 30.2 Å². The van der Waals surface area contributed by atoms with Crippen molar-refractivity contribution in [2.24, 2.45) is 22.7 Å². The van der Waals surface area contributed by atoms with E-state index in [2.05, 4.69) is 79.5 Å². The summed E-state index contributed by atoms with van der Waals surface area (Å²) in [6.07, 6.45) is 8.12. The highest BCUT2D eigenvalue weighted by molar-refractivity contribution is 4.96. The van der Waals surface area contributed by atoms with Crippen LogP contribution in [0.4, 0.5) is 0 Å². The Kier molecular flexibility index (Phi) is 6.85. The van der Waals surface area contributed by atoms with Gasteiger partial charge in [-0.1, -0.05) is 34.6 Å². The Bertz CT molecular complexity index is 464. The molecule has 2 nitrogen and oxygen atoms in total. The number of likely N-dealkylation sites (tertiary alicyclic amines) is 1. The molecule has 0 spiro atoms. The van der Waals surface area contributed by atoms with Crippen molar-refractivity contribution in [3.8, 4) is 0 Å². The summed E-state index contributed by atoms with van der Waals surface area (Å²) in [5.74, 6) is 1.76. The SMILES string of the molecule is CC(C)(CCC(C)(C)C1CN(C(C)(C)C)C1)NC1CCC(C(C)(C)C)CC1. The molecule has 2 aliphatic rings. The Morgan fingerprint density at radius 1 is 0.704 bits per heavy atom. The molecule has 2 heteroatoms. The van der Waals surface area contributed by atoms with Gasteiger partial charge < -0.3 is 5.32 Å². The average molecular weight is 379 g/mol. The first kappa shape index (κ1) is 23.2. The summed E-state index contributed by atoms with van der Waals surface area (Å²) in [4.78, 5) is 2.64. The summed E-state index contributed by atoms with van der Waals surface area (Å²) in [5, 5.41) is 4.04. The van der Waals surface area contributed by atoms with Crippen LogP contribution >= 0.6 is 0 Å². The fourth-order valence-corrected chi connectivity index (χ4v) is 5.09. The molecule has 0 aromatic heterocycles. The third-order valence-corrected chi connectivity index (χ3v) is 7.88. The van der Waals surface area contributed by atoms with Crippen molar-refractivity contribution >= 4 is 0 Å². The smallest absolute Gasteiger partial charge is 0.0127 e. The summed E-state index contributed by atoms with van der Waals surface area (Å²) >= 11 is 0.